The monoisotopic (exact) mass is 354 g/mol. The van der Waals surface area contributed by atoms with E-state index < -0.39 is 0 Å². The molecule has 0 bridgehead atoms. The number of halogens is 4. The van der Waals surface area contributed by atoms with Gasteiger partial charge in [0, 0.05) is 0 Å². The van der Waals surface area contributed by atoms with Crippen LogP contribution in [0.2, 0.25) is 12.1 Å². The Kier molecular flexibility index (Phi) is 9.07. The Labute approximate surface area is 134 Å². The highest BCUT2D eigenvalue weighted by atomic mass is 35.5. The maximum absolute atomic E-state index is 5.70. The van der Waals surface area contributed by atoms with E-state index in [1.165, 1.54) is 10.4 Å². The summed E-state index contributed by atoms with van der Waals surface area (Å²) in [6, 6.07) is 10.9. The fourth-order valence-electron chi connectivity index (χ4n) is 1.36. The van der Waals surface area contributed by atoms with E-state index in [0.717, 1.165) is 44.0 Å². The van der Waals surface area contributed by atoms with Gasteiger partial charge in [0.1, 0.15) is 9.67 Å². The maximum Gasteiger partial charge on any atom is 0.107 e. The van der Waals surface area contributed by atoms with E-state index >= 15 is 0 Å². The standard InChI is InChI=1S/C12H14Cl4Si2/c13-11(14)5-7-17-9-1-2-10(4-3-9)18-8-6-12(15)16/h1-4,11-12H,5-8H2. The third-order valence-electron chi connectivity index (χ3n) is 2.27. The molecule has 1 rings (SSSR count). The van der Waals surface area contributed by atoms with Crippen LogP contribution in [0.4, 0.5) is 0 Å². The minimum atomic E-state index is -0.239. The topological polar surface area (TPSA) is 0 Å². The number of hydrogen-bond donors (Lipinski definition) is 0. The SMILES string of the molecule is ClC(Cl)CC[Si]c1ccc([Si]CCC(Cl)Cl)cc1. The molecule has 1 aromatic rings. The van der Waals surface area contributed by atoms with Crippen LogP contribution in [0.3, 0.4) is 0 Å². The van der Waals surface area contributed by atoms with Gasteiger partial charge in [-0.2, -0.15) is 0 Å². The van der Waals surface area contributed by atoms with Crippen molar-refractivity contribution in [3.8, 4) is 0 Å². The average Bonchev–Trinajstić information content (AvgIpc) is 2.30. The van der Waals surface area contributed by atoms with Gasteiger partial charge < -0.3 is 0 Å². The Balaban J connectivity index is 2.28. The largest absolute Gasteiger partial charge is 0.107 e. The Hall–Kier alpha value is 0.814. The van der Waals surface area contributed by atoms with Gasteiger partial charge in [0.05, 0.1) is 19.0 Å². The highest BCUT2D eigenvalue weighted by molar-refractivity contribution is 6.56. The minimum absolute atomic E-state index is 0.239. The third-order valence-corrected chi connectivity index (χ3v) is 5.70. The van der Waals surface area contributed by atoms with Crippen molar-refractivity contribution in [1.29, 1.82) is 0 Å². The van der Waals surface area contributed by atoms with Crippen LogP contribution >= 0.6 is 46.4 Å². The molecule has 0 aliphatic heterocycles. The Morgan fingerprint density at radius 1 is 0.722 bits per heavy atom. The molecule has 0 heterocycles. The first-order valence-electron chi connectivity index (χ1n) is 5.72. The van der Waals surface area contributed by atoms with Gasteiger partial charge in [-0.05, 0) is 12.8 Å². The van der Waals surface area contributed by atoms with Crippen molar-refractivity contribution in [1.82, 2.24) is 0 Å². The van der Waals surface area contributed by atoms with Crippen LogP contribution < -0.4 is 10.4 Å². The Bertz CT molecular complexity index is 294. The lowest BCUT2D eigenvalue weighted by Crippen LogP contribution is -2.20. The summed E-state index contributed by atoms with van der Waals surface area (Å²) < 4.78 is 0. The van der Waals surface area contributed by atoms with Crippen LogP contribution in [-0.2, 0) is 0 Å². The van der Waals surface area contributed by atoms with Crippen molar-refractivity contribution in [2.75, 3.05) is 0 Å². The first-order valence-corrected chi connectivity index (χ1v) is 9.88. The van der Waals surface area contributed by atoms with E-state index in [1.54, 1.807) is 0 Å². The molecule has 0 N–H and O–H groups in total. The maximum atomic E-state index is 5.70. The van der Waals surface area contributed by atoms with Crippen LogP contribution in [0.1, 0.15) is 12.8 Å². The smallest absolute Gasteiger partial charge is 0.105 e. The molecule has 0 aliphatic rings. The number of alkyl halides is 4. The van der Waals surface area contributed by atoms with E-state index in [9.17, 15) is 0 Å². The van der Waals surface area contributed by atoms with E-state index in [-0.39, 0.29) is 9.67 Å². The summed E-state index contributed by atoms with van der Waals surface area (Å²) in [6.07, 6.45) is 1.72. The van der Waals surface area contributed by atoms with Gasteiger partial charge in [-0.25, -0.2) is 0 Å². The number of hydrogen-bond acceptors (Lipinski definition) is 0. The van der Waals surface area contributed by atoms with Gasteiger partial charge in [-0.15, -0.1) is 46.4 Å². The van der Waals surface area contributed by atoms with E-state index in [1.807, 2.05) is 0 Å². The molecule has 6 heteroatoms. The normalized spacial score (nSPS) is 11.4. The van der Waals surface area contributed by atoms with Crippen molar-refractivity contribution in [2.45, 2.75) is 34.6 Å². The van der Waals surface area contributed by atoms with Gasteiger partial charge in [-0.3, -0.25) is 0 Å². The predicted molar refractivity (Wildman–Crippen MR) is 87.1 cm³/mol. The number of rotatable bonds is 8. The second-order valence-electron chi connectivity index (χ2n) is 3.79. The van der Waals surface area contributed by atoms with Gasteiger partial charge >= 0.3 is 0 Å². The first kappa shape index (κ1) is 16.9. The molecule has 98 valence electrons. The zero-order chi connectivity index (χ0) is 13.4. The van der Waals surface area contributed by atoms with Crippen LogP contribution in [-0.4, -0.2) is 28.7 Å². The fraction of sp³-hybridized carbons (Fsp3) is 0.500. The van der Waals surface area contributed by atoms with Gasteiger partial charge in [-0.1, -0.05) is 46.7 Å². The van der Waals surface area contributed by atoms with E-state index in [0.29, 0.717) is 0 Å². The molecule has 0 saturated carbocycles. The van der Waals surface area contributed by atoms with E-state index in [4.69, 9.17) is 46.4 Å². The van der Waals surface area contributed by atoms with Crippen molar-refractivity contribution in [3.63, 3.8) is 0 Å². The molecule has 0 amide bonds. The summed E-state index contributed by atoms with van der Waals surface area (Å²) in [4.78, 5) is -0.477. The zero-order valence-corrected chi connectivity index (χ0v) is 14.8. The van der Waals surface area contributed by atoms with Crippen molar-refractivity contribution in [2.24, 2.45) is 0 Å². The average molecular weight is 356 g/mol. The second-order valence-corrected chi connectivity index (χ2v) is 9.21. The van der Waals surface area contributed by atoms with Crippen LogP contribution in [0.25, 0.3) is 0 Å². The van der Waals surface area contributed by atoms with Gasteiger partial charge in [0.15, 0.2) is 0 Å². The second kappa shape index (κ2) is 9.68. The minimum Gasteiger partial charge on any atom is -0.105 e. The van der Waals surface area contributed by atoms with Crippen LogP contribution in [0.15, 0.2) is 24.3 Å². The Morgan fingerprint density at radius 2 is 1.06 bits per heavy atom. The molecule has 4 radical (unpaired) electrons. The summed E-state index contributed by atoms with van der Waals surface area (Å²) in [5.74, 6) is 0. The molecule has 0 aromatic heterocycles. The molecule has 0 spiro atoms. The van der Waals surface area contributed by atoms with E-state index in [2.05, 4.69) is 24.3 Å². The Morgan fingerprint density at radius 3 is 1.33 bits per heavy atom. The summed E-state index contributed by atoms with van der Waals surface area (Å²) in [5.41, 5.74) is 0. The highest BCUT2D eigenvalue weighted by Gasteiger charge is 2.02. The summed E-state index contributed by atoms with van der Waals surface area (Å²) in [5, 5.41) is 2.73. The molecule has 0 unspecified atom stereocenters. The molecule has 0 atom stereocenters. The molecule has 0 aliphatic carbocycles. The highest BCUT2D eigenvalue weighted by Crippen LogP contribution is 2.09. The summed E-state index contributed by atoms with van der Waals surface area (Å²) >= 11 is 22.8. The number of benzene rings is 1. The first-order chi connectivity index (χ1) is 8.58. The molecule has 1 aromatic carbocycles. The molecule has 18 heavy (non-hydrogen) atoms. The lowest BCUT2D eigenvalue weighted by atomic mass is 10.4. The van der Waals surface area contributed by atoms with Gasteiger partial charge in [0.2, 0.25) is 0 Å². The predicted octanol–water partition coefficient (Wildman–Crippen LogP) is 3.57. The lowest BCUT2D eigenvalue weighted by molar-refractivity contribution is 1.03. The molecular formula is C12H14Cl4Si2. The van der Waals surface area contributed by atoms with Crippen molar-refractivity contribution < 1.29 is 0 Å². The zero-order valence-electron chi connectivity index (χ0n) is 9.80. The van der Waals surface area contributed by atoms with Crippen LogP contribution in [0.5, 0.6) is 0 Å². The molecule has 0 nitrogen and oxygen atoms in total. The summed E-state index contributed by atoms with van der Waals surface area (Å²) in [6.45, 7) is 0. The summed E-state index contributed by atoms with van der Waals surface area (Å²) in [7, 11) is 1.57. The van der Waals surface area contributed by atoms with Crippen molar-refractivity contribution in [3.05, 3.63) is 24.3 Å². The molecular weight excluding hydrogens is 342 g/mol. The molecule has 0 fully saturated rings. The quantitative estimate of drug-likeness (QED) is 0.494. The van der Waals surface area contributed by atoms with Gasteiger partial charge in [0.25, 0.3) is 0 Å². The lowest BCUT2D eigenvalue weighted by Gasteiger charge is -2.04. The molecule has 0 saturated heterocycles. The van der Waals surface area contributed by atoms with Crippen LogP contribution in [0, 0.1) is 0 Å². The fourth-order valence-corrected chi connectivity index (χ4v) is 4.77. The third kappa shape index (κ3) is 8.08. The van der Waals surface area contributed by atoms with Crippen molar-refractivity contribution >= 4 is 75.8 Å².